The van der Waals surface area contributed by atoms with Gasteiger partial charge in [0, 0.05) is 13.2 Å². The Bertz CT molecular complexity index is 356. The second-order valence-electron chi connectivity index (χ2n) is 3.64. The molecule has 94 valence electrons. The van der Waals surface area contributed by atoms with E-state index in [2.05, 4.69) is 10.3 Å². The summed E-state index contributed by atoms with van der Waals surface area (Å²) in [4.78, 5) is 15.6. The minimum atomic E-state index is -0.0295. The lowest BCUT2D eigenvalue weighted by Gasteiger charge is -2.12. The summed E-state index contributed by atoms with van der Waals surface area (Å²) in [6.45, 7) is 2.41. The predicted octanol–water partition coefficient (Wildman–Crippen LogP) is 0.907. The molecule has 1 unspecified atom stereocenters. The first kappa shape index (κ1) is 13.8. The summed E-state index contributed by atoms with van der Waals surface area (Å²) >= 11 is 1.38. The fraction of sp³-hybridized carbons (Fsp3) is 0.455. The third-order valence-electron chi connectivity index (χ3n) is 1.93. The van der Waals surface area contributed by atoms with E-state index in [1.807, 2.05) is 6.92 Å². The molecule has 0 spiro atoms. The number of carbonyl (C=O) groups is 1. The van der Waals surface area contributed by atoms with Crippen LogP contribution in [0.25, 0.3) is 0 Å². The second-order valence-corrected chi connectivity index (χ2v) is 4.64. The maximum atomic E-state index is 11.5. The third kappa shape index (κ3) is 5.55. The third-order valence-corrected chi connectivity index (χ3v) is 2.88. The van der Waals surface area contributed by atoms with Gasteiger partial charge in [0.1, 0.15) is 0 Å². The lowest BCUT2D eigenvalue weighted by molar-refractivity contribution is -0.119. The second kappa shape index (κ2) is 7.13. The number of nitrogens with one attached hydrogen (secondary N) is 1. The summed E-state index contributed by atoms with van der Waals surface area (Å²) in [6.07, 6.45) is 1.58. The van der Waals surface area contributed by atoms with Crippen LogP contribution in [0.15, 0.2) is 23.4 Å². The standard InChI is InChI=1S/C11H17N3O2S/c1-8(6-16-2)14-10(15)7-17-11-4-3-9(12)5-13-11/h3-5,8H,6-7,12H2,1-2H3,(H,14,15). The Hall–Kier alpha value is -1.27. The van der Waals surface area contributed by atoms with Crippen molar-refractivity contribution in [2.75, 3.05) is 25.2 Å². The van der Waals surface area contributed by atoms with Crippen LogP contribution in [0.2, 0.25) is 0 Å². The first-order valence-corrected chi connectivity index (χ1v) is 6.23. The van der Waals surface area contributed by atoms with Gasteiger partial charge in [-0.2, -0.15) is 0 Å². The molecule has 0 aliphatic rings. The number of ether oxygens (including phenoxy) is 1. The summed E-state index contributed by atoms with van der Waals surface area (Å²) in [5, 5.41) is 3.61. The summed E-state index contributed by atoms with van der Waals surface area (Å²) in [6, 6.07) is 3.58. The summed E-state index contributed by atoms with van der Waals surface area (Å²) in [5.41, 5.74) is 6.13. The number of aromatic nitrogens is 1. The molecule has 17 heavy (non-hydrogen) atoms. The van der Waals surface area contributed by atoms with Gasteiger partial charge < -0.3 is 15.8 Å². The monoisotopic (exact) mass is 255 g/mol. The van der Waals surface area contributed by atoms with Crippen LogP contribution in [0.3, 0.4) is 0 Å². The Balaban J connectivity index is 2.30. The molecule has 0 aliphatic heterocycles. The zero-order chi connectivity index (χ0) is 12.7. The fourth-order valence-corrected chi connectivity index (χ4v) is 1.88. The molecule has 1 heterocycles. The first-order valence-electron chi connectivity index (χ1n) is 5.24. The van der Waals surface area contributed by atoms with Gasteiger partial charge in [-0.15, -0.1) is 0 Å². The topological polar surface area (TPSA) is 77.2 Å². The van der Waals surface area contributed by atoms with Crippen molar-refractivity contribution in [3.63, 3.8) is 0 Å². The summed E-state index contributed by atoms with van der Waals surface area (Å²) in [7, 11) is 1.61. The highest BCUT2D eigenvalue weighted by Crippen LogP contribution is 2.15. The van der Waals surface area contributed by atoms with Crippen LogP contribution < -0.4 is 11.1 Å². The van der Waals surface area contributed by atoms with Crippen molar-refractivity contribution < 1.29 is 9.53 Å². The SMILES string of the molecule is COCC(C)NC(=O)CSc1ccc(N)cn1. The van der Waals surface area contributed by atoms with Crippen LogP contribution in [0.4, 0.5) is 5.69 Å². The maximum Gasteiger partial charge on any atom is 0.230 e. The Morgan fingerprint density at radius 1 is 1.65 bits per heavy atom. The number of nitrogens with two attached hydrogens (primary N) is 1. The number of methoxy groups -OCH3 is 1. The molecule has 0 saturated heterocycles. The smallest absolute Gasteiger partial charge is 0.230 e. The van der Waals surface area contributed by atoms with Gasteiger partial charge in [-0.25, -0.2) is 4.98 Å². The number of rotatable bonds is 6. The van der Waals surface area contributed by atoms with E-state index < -0.39 is 0 Å². The van der Waals surface area contributed by atoms with E-state index in [0.717, 1.165) is 5.03 Å². The normalized spacial score (nSPS) is 12.1. The average molecular weight is 255 g/mol. The summed E-state index contributed by atoms with van der Waals surface area (Å²) in [5.74, 6) is 0.309. The van der Waals surface area contributed by atoms with Gasteiger partial charge in [-0.05, 0) is 19.1 Å². The van der Waals surface area contributed by atoms with Gasteiger partial charge in [0.05, 0.1) is 29.3 Å². The number of anilines is 1. The number of pyridine rings is 1. The van der Waals surface area contributed by atoms with Gasteiger partial charge in [-0.1, -0.05) is 11.8 Å². The lowest BCUT2D eigenvalue weighted by Crippen LogP contribution is -2.36. The highest BCUT2D eigenvalue weighted by Gasteiger charge is 2.07. The van der Waals surface area contributed by atoms with Crippen LogP contribution in [0.1, 0.15) is 6.92 Å². The molecular weight excluding hydrogens is 238 g/mol. The van der Waals surface area contributed by atoms with E-state index in [0.29, 0.717) is 18.0 Å². The highest BCUT2D eigenvalue weighted by molar-refractivity contribution is 7.99. The lowest BCUT2D eigenvalue weighted by atomic mass is 10.3. The minimum Gasteiger partial charge on any atom is -0.397 e. The number of hydrogen-bond acceptors (Lipinski definition) is 5. The molecule has 1 aromatic rings. The summed E-state index contributed by atoms with van der Waals surface area (Å²) < 4.78 is 4.93. The minimum absolute atomic E-state index is 0.0208. The van der Waals surface area contributed by atoms with E-state index in [-0.39, 0.29) is 11.9 Å². The van der Waals surface area contributed by atoms with E-state index in [4.69, 9.17) is 10.5 Å². The zero-order valence-corrected chi connectivity index (χ0v) is 10.8. The molecule has 0 fully saturated rings. The van der Waals surface area contributed by atoms with Gasteiger partial charge in [0.25, 0.3) is 0 Å². The van der Waals surface area contributed by atoms with E-state index >= 15 is 0 Å². The molecule has 1 aromatic heterocycles. The number of nitrogens with zero attached hydrogens (tertiary/aromatic N) is 1. The van der Waals surface area contributed by atoms with Gasteiger partial charge in [-0.3, -0.25) is 4.79 Å². The van der Waals surface area contributed by atoms with Gasteiger partial charge >= 0.3 is 0 Å². The first-order chi connectivity index (χ1) is 8.11. The molecule has 0 aliphatic carbocycles. The molecule has 0 saturated carbocycles. The quantitative estimate of drug-likeness (QED) is 0.739. The maximum absolute atomic E-state index is 11.5. The molecule has 6 heteroatoms. The highest BCUT2D eigenvalue weighted by atomic mass is 32.2. The number of hydrogen-bond donors (Lipinski definition) is 2. The largest absolute Gasteiger partial charge is 0.397 e. The van der Waals surface area contributed by atoms with Gasteiger partial charge in [0.15, 0.2) is 0 Å². The molecular formula is C11H17N3O2S. The number of carbonyl (C=O) groups excluding carboxylic acids is 1. The predicted molar refractivity (Wildman–Crippen MR) is 68.9 cm³/mol. The van der Waals surface area contributed by atoms with Crippen molar-refractivity contribution in [1.29, 1.82) is 0 Å². The molecule has 0 radical (unpaired) electrons. The van der Waals surface area contributed by atoms with E-state index in [1.165, 1.54) is 11.8 Å². The Kier molecular flexibility index (Phi) is 5.79. The molecule has 1 atom stereocenters. The number of thioether (sulfide) groups is 1. The average Bonchev–Trinajstić information content (AvgIpc) is 2.28. The van der Waals surface area contributed by atoms with Crippen LogP contribution in [-0.2, 0) is 9.53 Å². The van der Waals surface area contributed by atoms with Crippen molar-refractivity contribution in [2.45, 2.75) is 18.0 Å². The molecule has 3 N–H and O–H groups in total. The number of nitrogen functional groups attached to an aromatic ring is 1. The Labute approximate surface area is 105 Å². The van der Waals surface area contributed by atoms with E-state index in [1.54, 1.807) is 25.4 Å². The van der Waals surface area contributed by atoms with Crippen molar-refractivity contribution in [2.24, 2.45) is 0 Å². The Morgan fingerprint density at radius 3 is 3.00 bits per heavy atom. The zero-order valence-electron chi connectivity index (χ0n) is 9.97. The molecule has 0 aromatic carbocycles. The fourth-order valence-electron chi connectivity index (χ4n) is 1.22. The van der Waals surface area contributed by atoms with E-state index in [9.17, 15) is 4.79 Å². The van der Waals surface area contributed by atoms with Crippen molar-refractivity contribution >= 4 is 23.4 Å². The molecule has 0 bridgehead atoms. The van der Waals surface area contributed by atoms with Crippen molar-refractivity contribution in [3.8, 4) is 0 Å². The molecule has 1 rings (SSSR count). The van der Waals surface area contributed by atoms with Crippen molar-refractivity contribution in [3.05, 3.63) is 18.3 Å². The van der Waals surface area contributed by atoms with Crippen molar-refractivity contribution in [1.82, 2.24) is 10.3 Å². The van der Waals surface area contributed by atoms with Crippen LogP contribution >= 0.6 is 11.8 Å². The molecule has 1 amide bonds. The van der Waals surface area contributed by atoms with Crippen LogP contribution in [0.5, 0.6) is 0 Å². The Morgan fingerprint density at radius 2 is 2.41 bits per heavy atom. The van der Waals surface area contributed by atoms with Crippen LogP contribution in [0, 0.1) is 0 Å². The molecule has 5 nitrogen and oxygen atoms in total. The van der Waals surface area contributed by atoms with Gasteiger partial charge in [0.2, 0.25) is 5.91 Å². The number of amides is 1. The van der Waals surface area contributed by atoms with Crippen LogP contribution in [-0.4, -0.2) is 36.4 Å².